The first-order valence-electron chi connectivity index (χ1n) is 25.2. The Kier molecular flexibility index (Phi) is 20.7. The summed E-state index contributed by atoms with van der Waals surface area (Å²) < 4.78 is 21.4. The average molecular weight is 1050 g/mol. The lowest BCUT2D eigenvalue weighted by Crippen LogP contribution is -2.42. The number of aromatic nitrogens is 2. The van der Waals surface area contributed by atoms with Crippen LogP contribution in [0.4, 0.5) is 9.59 Å². The van der Waals surface area contributed by atoms with Crippen LogP contribution < -0.4 is 0 Å². The number of likely N-dealkylation sites (tertiary alicyclic amines) is 2. The molecule has 2 aliphatic heterocycles. The van der Waals surface area contributed by atoms with Crippen molar-refractivity contribution in [1.82, 2.24) is 19.8 Å². The van der Waals surface area contributed by atoms with E-state index in [-0.39, 0.29) is 56.7 Å². The molecule has 2 fully saturated rings. The number of piperidine rings is 2. The molecule has 4 heterocycles. The molecule has 0 radical (unpaired) electrons. The Morgan fingerprint density at radius 3 is 1.58 bits per heavy atom. The van der Waals surface area contributed by atoms with Crippen molar-refractivity contribution in [2.24, 2.45) is 11.8 Å². The van der Waals surface area contributed by atoms with Crippen molar-refractivity contribution < 1.29 is 38.1 Å². The third kappa shape index (κ3) is 15.1. The Balaban J connectivity index is 0.000000267. The second kappa shape index (κ2) is 26.0. The first-order chi connectivity index (χ1) is 34.3. The first kappa shape index (κ1) is 58.9. The Morgan fingerprint density at radius 1 is 0.649 bits per heavy atom. The molecule has 2 aromatic carbocycles. The smallest absolute Gasteiger partial charge is 0.410 e. The van der Waals surface area contributed by atoms with Gasteiger partial charge in [0.1, 0.15) is 11.2 Å². The third-order valence-corrected chi connectivity index (χ3v) is 13.7. The van der Waals surface area contributed by atoms with E-state index in [0.29, 0.717) is 68.2 Å². The Bertz CT molecular complexity index is 2700. The van der Waals surface area contributed by atoms with Crippen molar-refractivity contribution in [2.45, 2.75) is 132 Å². The van der Waals surface area contributed by atoms with Gasteiger partial charge >= 0.3 is 24.1 Å². The Labute approximate surface area is 449 Å². The van der Waals surface area contributed by atoms with Gasteiger partial charge in [0.05, 0.1) is 24.6 Å². The Hall–Kier alpha value is -5.98. The summed E-state index contributed by atoms with van der Waals surface area (Å²) in [7, 11) is 0. The van der Waals surface area contributed by atoms with E-state index in [9.17, 15) is 19.2 Å². The summed E-state index contributed by atoms with van der Waals surface area (Å²) in [6.45, 7) is 18.2. The van der Waals surface area contributed by atoms with Crippen LogP contribution >= 0.6 is 23.2 Å². The van der Waals surface area contributed by atoms with Crippen LogP contribution in [0.15, 0.2) is 85.2 Å². The number of carbonyl (C=O) groups is 4. The van der Waals surface area contributed by atoms with Gasteiger partial charge in [-0.25, -0.2) is 14.4 Å². The van der Waals surface area contributed by atoms with E-state index in [1.165, 1.54) is 11.6 Å². The maximum atomic E-state index is 12.6. The summed E-state index contributed by atoms with van der Waals surface area (Å²) in [6, 6.07) is 20.0. The lowest BCUT2D eigenvalue weighted by atomic mass is 9.76. The molecule has 74 heavy (non-hydrogen) atoms. The molecule has 0 saturated carbocycles. The number of nitrogens with zero attached hydrogens (tertiary/aromatic N) is 4. The molecular weight excluding hydrogens is 976 g/mol. The summed E-state index contributed by atoms with van der Waals surface area (Å²) in [5.41, 5.74) is 9.32. The highest BCUT2D eigenvalue weighted by Gasteiger charge is 2.38. The quantitative estimate of drug-likeness (QED) is 0.0905. The molecule has 8 rings (SSSR count). The number of halogens is 2. The van der Waals surface area contributed by atoms with E-state index >= 15 is 0 Å². The fourth-order valence-corrected chi connectivity index (χ4v) is 10.5. The number of amides is 2. The molecule has 2 unspecified atom stereocenters. The van der Waals surface area contributed by atoms with Gasteiger partial charge in [0.15, 0.2) is 0 Å². The van der Waals surface area contributed by atoms with Crippen molar-refractivity contribution in [2.75, 3.05) is 39.4 Å². The molecule has 398 valence electrons. The van der Waals surface area contributed by atoms with Crippen molar-refractivity contribution in [3.63, 3.8) is 0 Å². The van der Waals surface area contributed by atoms with Crippen LogP contribution in [0, 0.1) is 11.8 Å². The van der Waals surface area contributed by atoms with Crippen molar-refractivity contribution >= 4 is 70.6 Å². The molecular formula is C60H76Cl2N4O8. The van der Waals surface area contributed by atoms with Gasteiger partial charge in [0.2, 0.25) is 0 Å². The Morgan fingerprint density at radius 2 is 1.11 bits per heavy atom. The lowest BCUT2D eigenvalue weighted by molar-refractivity contribution is -0.143. The van der Waals surface area contributed by atoms with Gasteiger partial charge in [0, 0.05) is 73.0 Å². The first-order valence-corrected chi connectivity index (χ1v) is 26.0. The minimum atomic E-state index is -0.518. The van der Waals surface area contributed by atoms with Crippen LogP contribution in [0.2, 0.25) is 10.0 Å². The van der Waals surface area contributed by atoms with E-state index in [1.807, 2.05) is 102 Å². The van der Waals surface area contributed by atoms with E-state index in [0.717, 1.165) is 76.0 Å². The molecule has 14 heteroatoms. The van der Waals surface area contributed by atoms with Crippen LogP contribution in [-0.2, 0) is 28.5 Å². The van der Waals surface area contributed by atoms with Gasteiger partial charge in [-0.05, 0) is 198 Å². The number of hydrogen-bond acceptors (Lipinski definition) is 10. The van der Waals surface area contributed by atoms with Gasteiger partial charge in [-0.1, -0.05) is 62.3 Å². The maximum absolute atomic E-state index is 12.6. The third-order valence-electron chi connectivity index (χ3n) is 13.2. The fourth-order valence-electron chi connectivity index (χ4n) is 10.2. The molecule has 4 aliphatic rings. The van der Waals surface area contributed by atoms with Crippen molar-refractivity contribution in [1.29, 1.82) is 0 Å². The molecule has 2 aliphatic carbocycles. The van der Waals surface area contributed by atoms with Crippen molar-refractivity contribution in [3.05, 3.63) is 140 Å². The zero-order chi connectivity index (χ0) is 51.7. The summed E-state index contributed by atoms with van der Waals surface area (Å²) in [4.78, 5) is 62.7. The van der Waals surface area contributed by atoms with Gasteiger partial charge in [0.25, 0.3) is 0 Å². The average Bonchev–Trinajstić information content (AvgIpc) is 3.56. The predicted molar refractivity (Wildman–Crippen MR) is 297 cm³/mol. The number of hydrogen-bond donors (Lipinski definition) is 0. The van der Waals surface area contributed by atoms with Crippen LogP contribution in [0.3, 0.4) is 0 Å². The number of carbonyl (C=O) groups excluding carboxylic acids is 4. The number of fused-ring (bicyclic) bond motifs is 4. The zero-order valence-electron chi connectivity index (χ0n) is 42.8. The number of esters is 2. The number of ether oxygens (including phenoxy) is 4. The molecule has 0 spiro atoms. The van der Waals surface area contributed by atoms with Crippen LogP contribution in [-0.4, -0.2) is 94.5 Å². The number of benzene rings is 2. The molecule has 2 aromatic heterocycles. The van der Waals surface area contributed by atoms with Crippen LogP contribution in [0.1, 0.15) is 165 Å². The highest BCUT2D eigenvalue weighted by atomic mass is 35.5. The van der Waals surface area contributed by atoms with Gasteiger partial charge in [-0.3, -0.25) is 14.8 Å². The molecule has 2 amide bonds. The summed E-state index contributed by atoms with van der Waals surface area (Å²) in [6.07, 6.45) is 14.8. The SMILES string of the molecule is C.C.CCOC(=O)/C=C/C1=Cc2cccnc2C(C2CCN(C(=O)OC(C)(C)C)CC2)c2ccc(Cl)cc21.CCOC(=O)CCC1=Cc2cccnc2C(C2CCN(C(=O)OC(C)(C)C)CC2)c2ccc(Cl)cc21. The van der Waals surface area contributed by atoms with E-state index in [1.54, 1.807) is 17.9 Å². The minimum absolute atomic E-state index is 0. The van der Waals surface area contributed by atoms with Gasteiger partial charge in [-0.15, -0.1) is 0 Å². The van der Waals surface area contributed by atoms with E-state index in [2.05, 4.69) is 36.4 Å². The highest BCUT2D eigenvalue weighted by Crippen LogP contribution is 2.47. The normalized spacial score (nSPS) is 17.6. The molecule has 2 atom stereocenters. The largest absolute Gasteiger partial charge is 0.466 e. The standard InChI is InChI=1S/C29H35ClN2O4.C29H33ClN2O4.2CH4/c2*1-5-35-25(33)11-8-20-17-21-7-6-14-31-27(21)26(23-10-9-22(30)18-24(20)23)19-12-15-32(16-13-19)28(34)36-29(2,3)4;;/h6-7,9-10,14,17-19,26H,5,8,11-13,15-16H2,1-4H3;6-11,14,17-19,26H,5,12-13,15-16H2,1-4H3;2*1H4/b;11-8+;;. The second-order valence-corrected chi connectivity index (χ2v) is 21.5. The highest BCUT2D eigenvalue weighted by molar-refractivity contribution is 6.31. The van der Waals surface area contributed by atoms with Crippen LogP contribution in [0.5, 0.6) is 0 Å². The molecule has 4 aromatic rings. The second-order valence-electron chi connectivity index (χ2n) is 20.6. The number of pyridine rings is 2. The summed E-state index contributed by atoms with van der Waals surface area (Å²) in [5, 5.41) is 1.29. The van der Waals surface area contributed by atoms with Gasteiger partial charge in [-0.2, -0.15) is 0 Å². The predicted octanol–water partition coefficient (Wildman–Crippen LogP) is 14.5. The molecule has 2 saturated heterocycles. The van der Waals surface area contributed by atoms with E-state index in [4.69, 9.17) is 52.1 Å². The summed E-state index contributed by atoms with van der Waals surface area (Å²) >= 11 is 12.9. The summed E-state index contributed by atoms with van der Waals surface area (Å²) in [5.74, 6) is 0.0751. The minimum Gasteiger partial charge on any atom is -0.466 e. The maximum Gasteiger partial charge on any atom is 0.410 e. The van der Waals surface area contributed by atoms with Crippen LogP contribution in [0.25, 0.3) is 23.3 Å². The monoisotopic (exact) mass is 1050 g/mol. The van der Waals surface area contributed by atoms with Crippen molar-refractivity contribution in [3.8, 4) is 0 Å². The molecule has 0 bridgehead atoms. The molecule has 0 N–H and O–H groups in total. The lowest BCUT2D eigenvalue weighted by Gasteiger charge is -2.37. The topological polar surface area (TPSA) is 137 Å². The number of rotatable bonds is 9. The molecule has 12 nitrogen and oxygen atoms in total. The fraction of sp³-hybridized carbons (Fsp3) is 0.467. The van der Waals surface area contributed by atoms with E-state index < -0.39 is 11.2 Å². The van der Waals surface area contributed by atoms with Gasteiger partial charge < -0.3 is 28.7 Å². The zero-order valence-corrected chi connectivity index (χ0v) is 44.4. The number of allylic oxidation sites excluding steroid dienone is 3.